The standard InChI is InChI=1S/C23H29NO5/c1-3-27-16-17-29-21-13-9-8-12-20(21)23(26)24(15-14-22(25)28-4-2)18-19-10-6-5-7-11-19/h5-13H,3-4,14-18H2,1-2H3. The van der Waals surface area contributed by atoms with Crippen molar-refractivity contribution in [3.63, 3.8) is 0 Å². The van der Waals surface area contributed by atoms with Crippen LogP contribution < -0.4 is 4.74 Å². The highest BCUT2D eigenvalue weighted by molar-refractivity contribution is 5.97. The van der Waals surface area contributed by atoms with Crippen LogP contribution in [0.1, 0.15) is 36.2 Å². The fourth-order valence-corrected chi connectivity index (χ4v) is 2.81. The molecule has 0 fully saturated rings. The van der Waals surface area contributed by atoms with E-state index >= 15 is 0 Å². The van der Waals surface area contributed by atoms with E-state index in [1.165, 1.54) is 0 Å². The van der Waals surface area contributed by atoms with Crippen molar-refractivity contribution in [1.82, 2.24) is 4.90 Å². The summed E-state index contributed by atoms with van der Waals surface area (Å²) in [5.74, 6) is -0.00354. The van der Waals surface area contributed by atoms with E-state index in [-0.39, 0.29) is 24.8 Å². The van der Waals surface area contributed by atoms with E-state index in [1.54, 1.807) is 30.0 Å². The molecule has 0 unspecified atom stereocenters. The SMILES string of the molecule is CCOCCOc1ccccc1C(=O)N(CCC(=O)OCC)Cc1ccccc1. The van der Waals surface area contributed by atoms with Crippen LogP contribution >= 0.6 is 0 Å². The maximum absolute atomic E-state index is 13.3. The summed E-state index contributed by atoms with van der Waals surface area (Å²) >= 11 is 0. The number of carbonyl (C=O) groups excluding carboxylic acids is 2. The second-order valence-electron chi connectivity index (χ2n) is 6.31. The van der Waals surface area contributed by atoms with Crippen LogP contribution in [0.4, 0.5) is 0 Å². The van der Waals surface area contributed by atoms with Gasteiger partial charge in [-0.1, -0.05) is 42.5 Å². The fraction of sp³-hybridized carbons (Fsp3) is 0.391. The van der Waals surface area contributed by atoms with Gasteiger partial charge in [-0.2, -0.15) is 0 Å². The van der Waals surface area contributed by atoms with Crippen molar-refractivity contribution in [3.8, 4) is 5.75 Å². The Hall–Kier alpha value is -2.86. The second kappa shape index (κ2) is 12.6. The number of ether oxygens (including phenoxy) is 3. The quantitative estimate of drug-likeness (QED) is 0.402. The number of hydrogen-bond acceptors (Lipinski definition) is 5. The van der Waals surface area contributed by atoms with Crippen molar-refractivity contribution in [1.29, 1.82) is 0 Å². The first kappa shape index (κ1) is 22.4. The van der Waals surface area contributed by atoms with Gasteiger partial charge in [-0.15, -0.1) is 0 Å². The first-order valence-corrected chi connectivity index (χ1v) is 9.94. The number of rotatable bonds is 12. The summed E-state index contributed by atoms with van der Waals surface area (Å²) < 4.78 is 16.1. The number of esters is 1. The molecule has 0 spiro atoms. The number of carbonyl (C=O) groups is 2. The van der Waals surface area contributed by atoms with Crippen molar-refractivity contribution >= 4 is 11.9 Å². The monoisotopic (exact) mass is 399 g/mol. The topological polar surface area (TPSA) is 65.1 Å². The zero-order valence-electron chi connectivity index (χ0n) is 17.1. The van der Waals surface area contributed by atoms with Gasteiger partial charge in [-0.05, 0) is 31.5 Å². The zero-order valence-corrected chi connectivity index (χ0v) is 17.1. The molecular formula is C23H29NO5. The van der Waals surface area contributed by atoms with Gasteiger partial charge in [0.05, 0.1) is 25.2 Å². The van der Waals surface area contributed by atoms with Crippen LogP contribution in [0.3, 0.4) is 0 Å². The van der Waals surface area contributed by atoms with Crippen LogP contribution in [0.25, 0.3) is 0 Å². The molecule has 0 saturated carbocycles. The molecule has 156 valence electrons. The molecule has 2 rings (SSSR count). The molecule has 0 aliphatic carbocycles. The van der Waals surface area contributed by atoms with Crippen LogP contribution in [0.2, 0.25) is 0 Å². The molecule has 2 aromatic carbocycles. The average Bonchev–Trinajstić information content (AvgIpc) is 2.75. The third kappa shape index (κ3) is 7.58. The molecule has 0 atom stereocenters. The summed E-state index contributed by atoms with van der Waals surface area (Å²) in [6.07, 6.45) is 0.139. The molecule has 0 aliphatic heterocycles. The Morgan fingerprint density at radius 2 is 1.62 bits per heavy atom. The highest BCUT2D eigenvalue weighted by atomic mass is 16.5. The van der Waals surface area contributed by atoms with Gasteiger partial charge in [-0.3, -0.25) is 9.59 Å². The molecule has 29 heavy (non-hydrogen) atoms. The van der Waals surface area contributed by atoms with Crippen molar-refractivity contribution in [2.24, 2.45) is 0 Å². The van der Waals surface area contributed by atoms with Crippen LogP contribution in [0.15, 0.2) is 54.6 Å². The molecule has 2 aromatic rings. The number of hydrogen-bond donors (Lipinski definition) is 0. The zero-order chi connectivity index (χ0) is 20.9. The lowest BCUT2D eigenvalue weighted by atomic mass is 10.1. The van der Waals surface area contributed by atoms with Gasteiger partial charge in [0, 0.05) is 19.7 Å². The molecule has 0 N–H and O–H groups in total. The third-order valence-corrected chi connectivity index (χ3v) is 4.20. The lowest BCUT2D eigenvalue weighted by Crippen LogP contribution is -2.33. The lowest BCUT2D eigenvalue weighted by Gasteiger charge is -2.24. The number of nitrogens with zero attached hydrogens (tertiary/aromatic N) is 1. The Morgan fingerprint density at radius 1 is 0.897 bits per heavy atom. The summed E-state index contributed by atoms with van der Waals surface area (Å²) in [6, 6.07) is 16.8. The van der Waals surface area contributed by atoms with E-state index in [2.05, 4.69) is 0 Å². The Balaban J connectivity index is 2.16. The molecule has 6 nitrogen and oxygen atoms in total. The molecule has 0 aromatic heterocycles. The lowest BCUT2D eigenvalue weighted by molar-refractivity contribution is -0.143. The van der Waals surface area contributed by atoms with E-state index in [1.807, 2.05) is 43.3 Å². The van der Waals surface area contributed by atoms with E-state index in [9.17, 15) is 9.59 Å². The highest BCUT2D eigenvalue weighted by Crippen LogP contribution is 2.21. The summed E-state index contributed by atoms with van der Waals surface area (Å²) in [4.78, 5) is 26.8. The number of para-hydroxylation sites is 1. The van der Waals surface area contributed by atoms with Crippen LogP contribution in [0.5, 0.6) is 5.75 Å². The predicted molar refractivity (Wildman–Crippen MR) is 111 cm³/mol. The van der Waals surface area contributed by atoms with Crippen LogP contribution in [0, 0.1) is 0 Å². The van der Waals surface area contributed by atoms with Gasteiger partial charge < -0.3 is 19.1 Å². The summed E-state index contributed by atoms with van der Waals surface area (Å²) in [6.45, 7) is 6.09. The minimum absolute atomic E-state index is 0.139. The minimum Gasteiger partial charge on any atom is -0.490 e. The van der Waals surface area contributed by atoms with Gasteiger partial charge in [-0.25, -0.2) is 0 Å². The number of amides is 1. The molecule has 0 bridgehead atoms. The van der Waals surface area contributed by atoms with Crippen LogP contribution in [-0.4, -0.2) is 49.7 Å². The van der Waals surface area contributed by atoms with Gasteiger partial charge in [0.15, 0.2) is 0 Å². The van der Waals surface area contributed by atoms with Crippen molar-refractivity contribution < 1.29 is 23.8 Å². The van der Waals surface area contributed by atoms with Crippen molar-refractivity contribution in [2.45, 2.75) is 26.8 Å². The van der Waals surface area contributed by atoms with Gasteiger partial charge in [0.2, 0.25) is 0 Å². The highest BCUT2D eigenvalue weighted by Gasteiger charge is 2.21. The molecule has 0 aliphatic rings. The Bertz CT molecular complexity index is 763. The molecule has 0 saturated heterocycles. The van der Waals surface area contributed by atoms with Gasteiger partial charge in [0.1, 0.15) is 12.4 Å². The second-order valence-corrected chi connectivity index (χ2v) is 6.31. The summed E-state index contributed by atoms with van der Waals surface area (Å²) in [5.41, 5.74) is 1.45. The van der Waals surface area contributed by atoms with Crippen molar-refractivity contribution in [2.75, 3.05) is 33.0 Å². The smallest absolute Gasteiger partial charge is 0.307 e. The first-order valence-electron chi connectivity index (χ1n) is 9.94. The Labute approximate surface area is 172 Å². The molecule has 0 heterocycles. The fourth-order valence-electron chi connectivity index (χ4n) is 2.81. The Morgan fingerprint density at radius 3 is 2.34 bits per heavy atom. The van der Waals surface area contributed by atoms with Gasteiger partial charge >= 0.3 is 5.97 Å². The minimum atomic E-state index is -0.320. The molecular weight excluding hydrogens is 370 g/mol. The molecule has 1 amide bonds. The normalized spacial score (nSPS) is 10.4. The van der Waals surface area contributed by atoms with E-state index < -0.39 is 0 Å². The largest absolute Gasteiger partial charge is 0.490 e. The summed E-state index contributed by atoms with van der Waals surface area (Å²) in [5, 5.41) is 0. The van der Waals surface area contributed by atoms with E-state index in [0.717, 1.165) is 5.56 Å². The molecule has 6 heteroatoms. The van der Waals surface area contributed by atoms with Gasteiger partial charge in [0.25, 0.3) is 5.91 Å². The van der Waals surface area contributed by atoms with E-state index in [4.69, 9.17) is 14.2 Å². The summed E-state index contributed by atoms with van der Waals surface area (Å²) in [7, 11) is 0. The first-order chi connectivity index (χ1) is 14.2. The average molecular weight is 399 g/mol. The maximum Gasteiger partial charge on any atom is 0.307 e. The van der Waals surface area contributed by atoms with Crippen LogP contribution in [-0.2, 0) is 20.8 Å². The van der Waals surface area contributed by atoms with Crippen molar-refractivity contribution in [3.05, 3.63) is 65.7 Å². The maximum atomic E-state index is 13.3. The third-order valence-electron chi connectivity index (χ3n) is 4.20. The van der Waals surface area contributed by atoms with E-state index in [0.29, 0.717) is 44.3 Å². The number of benzene rings is 2. The predicted octanol–water partition coefficient (Wildman–Crippen LogP) is 3.70. The Kier molecular flexibility index (Phi) is 9.72. The molecule has 0 radical (unpaired) electrons.